The van der Waals surface area contributed by atoms with E-state index in [0.717, 1.165) is 0 Å². The minimum Gasteiger partial charge on any atom is -0.374 e. The first-order valence-electron chi connectivity index (χ1n) is 6.25. The van der Waals surface area contributed by atoms with Crippen LogP contribution in [0.1, 0.15) is 33.3 Å². The molecule has 2 nitrogen and oxygen atoms in total. The van der Waals surface area contributed by atoms with Gasteiger partial charge in [-0.25, -0.2) is 0 Å². The van der Waals surface area contributed by atoms with Crippen molar-refractivity contribution in [3.05, 3.63) is 29.8 Å². The molecule has 2 N–H and O–H groups in total. The predicted molar refractivity (Wildman–Crippen MR) is 76.2 cm³/mol. The first kappa shape index (κ1) is 17.4. The maximum Gasteiger partial charge on any atom is 0.0396 e. The van der Waals surface area contributed by atoms with Crippen LogP contribution in [-0.2, 0) is 6.42 Å². The molecule has 0 unspecified atom stereocenters. The van der Waals surface area contributed by atoms with Gasteiger partial charge in [0.1, 0.15) is 0 Å². The molecule has 0 aliphatic carbocycles. The Morgan fingerprint density at radius 3 is 2.00 bits per heavy atom. The Hall–Kier alpha value is -1.02. The second-order valence-electron chi connectivity index (χ2n) is 2.80. The zero-order chi connectivity index (χ0) is 13.0. The van der Waals surface area contributed by atoms with Crippen LogP contribution in [0.15, 0.2) is 24.3 Å². The van der Waals surface area contributed by atoms with Crippen LogP contribution >= 0.6 is 0 Å². The Bertz CT molecular complexity index is 246. The van der Waals surface area contributed by atoms with Crippen LogP contribution in [0.25, 0.3) is 0 Å². The molecular weight excluding hydrogens is 196 g/mol. The monoisotopic (exact) mass is 224 g/mol. The van der Waals surface area contributed by atoms with Gasteiger partial charge >= 0.3 is 0 Å². The van der Waals surface area contributed by atoms with Crippen molar-refractivity contribution in [1.82, 2.24) is 0 Å². The summed E-state index contributed by atoms with van der Waals surface area (Å²) in [5.41, 5.74) is 7.40. The van der Waals surface area contributed by atoms with E-state index in [9.17, 15) is 0 Å². The zero-order valence-electron chi connectivity index (χ0n) is 11.7. The fourth-order valence-corrected chi connectivity index (χ4v) is 1.50. The first-order chi connectivity index (χ1) is 7.88. The summed E-state index contributed by atoms with van der Waals surface area (Å²) in [4.78, 5) is 2.30. The van der Waals surface area contributed by atoms with Gasteiger partial charge in [0.2, 0.25) is 0 Å². The molecule has 0 radical (unpaired) electrons. The number of benzene rings is 1. The Kier molecular flexibility index (Phi) is 13.1. The topological polar surface area (TPSA) is 29.3 Å². The SMILES string of the molecule is CC.CC.CN.CN1CCc2ccccc21. The third-order valence-electron chi connectivity index (χ3n) is 2.12. The van der Waals surface area contributed by atoms with Gasteiger partial charge in [-0.05, 0) is 25.1 Å². The van der Waals surface area contributed by atoms with E-state index in [-0.39, 0.29) is 0 Å². The van der Waals surface area contributed by atoms with E-state index in [4.69, 9.17) is 0 Å². The van der Waals surface area contributed by atoms with Crippen molar-refractivity contribution < 1.29 is 0 Å². The molecule has 1 heterocycles. The summed E-state index contributed by atoms with van der Waals surface area (Å²) in [7, 11) is 3.64. The lowest BCUT2D eigenvalue weighted by atomic mass is 10.2. The maximum absolute atomic E-state index is 4.50. The van der Waals surface area contributed by atoms with E-state index in [1.54, 1.807) is 0 Å². The van der Waals surface area contributed by atoms with Gasteiger partial charge < -0.3 is 10.6 Å². The lowest BCUT2D eigenvalue weighted by Crippen LogP contribution is -2.12. The van der Waals surface area contributed by atoms with E-state index in [0.29, 0.717) is 0 Å². The molecule has 0 fully saturated rings. The van der Waals surface area contributed by atoms with Crippen LogP contribution in [-0.4, -0.2) is 20.6 Å². The summed E-state index contributed by atoms with van der Waals surface area (Å²) in [6, 6.07) is 8.60. The molecule has 2 rings (SSSR count). The Balaban J connectivity index is 0. The van der Waals surface area contributed by atoms with Gasteiger partial charge in [-0.15, -0.1) is 0 Å². The summed E-state index contributed by atoms with van der Waals surface area (Å²) < 4.78 is 0. The summed E-state index contributed by atoms with van der Waals surface area (Å²) in [5, 5.41) is 0. The van der Waals surface area contributed by atoms with E-state index in [1.165, 1.54) is 31.3 Å². The molecule has 0 amide bonds. The molecule has 1 aliphatic rings. The van der Waals surface area contributed by atoms with Crippen molar-refractivity contribution in [2.45, 2.75) is 34.1 Å². The van der Waals surface area contributed by atoms with Gasteiger partial charge in [0.25, 0.3) is 0 Å². The van der Waals surface area contributed by atoms with Gasteiger partial charge in [-0.1, -0.05) is 45.9 Å². The molecule has 16 heavy (non-hydrogen) atoms. The zero-order valence-corrected chi connectivity index (χ0v) is 11.7. The first-order valence-corrected chi connectivity index (χ1v) is 6.25. The second kappa shape index (κ2) is 12.1. The molecule has 0 spiro atoms. The minimum atomic E-state index is 1.18. The number of fused-ring (bicyclic) bond motifs is 1. The molecule has 94 valence electrons. The molecule has 0 bridgehead atoms. The van der Waals surface area contributed by atoms with Crippen LogP contribution in [0.2, 0.25) is 0 Å². The lowest BCUT2D eigenvalue weighted by molar-refractivity contribution is 0.956. The van der Waals surface area contributed by atoms with Crippen LogP contribution in [0, 0.1) is 0 Å². The third kappa shape index (κ3) is 5.17. The highest BCUT2D eigenvalue weighted by Gasteiger charge is 2.12. The van der Waals surface area contributed by atoms with Gasteiger partial charge in [-0.2, -0.15) is 0 Å². The average Bonchev–Trinajstić information content (AvgIpc) is 2.79. The van der Waals surface area contributed by atoms with Crippen LogP contribution in [0.5, 0.6) is 0 Å². The fourth-order valence-electron chi connectivity index (χ4n) is 1.50. The third-order valence-corrected chi connectivity index (χ3v) is 2.12. The number of likely N-dealkylation sites (N-methyl/N-ethyl adjacent to an activating group) is 1. The Morgan fingerprint density at radius 2 is 1.50 bits per heavy atom. The molecular formula is C14H28N2. The summed E-state index contributed by atoms with van der Waals surface area (Å²) in [5.74, 6) is 0. The number of hydrogen-bond donors (Lipinski definition) is 1. The smallest absolute Gasteiger partial charge is 0.0396 e. The van der Waals surface area contributed by atoms with Crippen molar-refractivity contribution in [3.63, 3.8) is 0 Å². The molecule has 0 saturated heterocycles. The highest BCUT2D eigenvalue weighted by atomic mass is 15.1. The Morgan fingerprint density at radius 1 is 1.00 bits per heavy atom. The number of para-hydroxylation sites is 1. The van der Waals surface area contributed by atoms with Gasteiger partial charge in [-0.3, -0.25) is 0 Å². The Labute approximate surface area is 101 Å². The van der Waals surface area contributed by atoms with Gasteiger partial charge in [0.05, 0.1) is 0 Å². The molecule has 1 aromatic carbocycles. The van der Waals surface area contributed by atoms with Crippen LogP contribution in [0.4, 0.5) is 5.69 Å². The van der Waals surface area contributed by atoms with E-state index < -0.39 is 0 Å². The molecule has 1 aromatic rings. The number of nitrogens with two attached hydrogens (primary N) is 1. The van der Waals surface area contributed by atoms with Crippen molar-refractivity contribution in [2.75, 3.05) is 25.5 Å². The van der Waals surface area contributed by atoms with Crippen molar-refractivity contribution >= 4 is 5.69 Å². The lowest BCUT2D eigenvalue weighted by Gasteiger charge is -2.10. The van der Waals surface area contributed by atoms with E-state index >= 15 is 0 Å². The average molecular weight is 224 g/mol. The normalized spacial score (nSPS) is 10.8. The predicted octanol–water partition coefficient (Wildman–Crippen LogP) is 3.31. The standard InChI is InChI=1S/C9H11N.2C2H6.CH5N/c1-10-7-6-8-4-2-3-5-9(8)10;3*1-2/h2-5H,6-7H2,1H3;2*1-2H3;2H2,1H3. The van der Waals surface area contributed by atoms with Crippen molar-refractivity contribution in [2.24, 2.45) is 5.73 Å². The van der Waals surface area contributed by atoms with Crippen molar-refractivity contribution in [3.8, 4) is 0 Å². The number of nitrogens with zero attached hydrogens (tertiary/aromatic N) is 1. The molecule has 1 aliphatic heterocycles. The molecule has 0 aromatic heterocycles. The number of anilines is 1. The molecule has 0 saturated carbocycles. The quantitative estimate of drug-likeness (QED) is 0.732. The highest BCUT2D eigenvalue weighted by molar-refractivity contribution is 5.56. The van der Waals surface area contributed by atoms with Crippen LogP contribution in [0.3, 0.4) is 0 Å². The minimum absolute atomic E-state index is 1.18. The summed E-state index contributed by atoms with van der Waals surface area (Å²) >= 11 is 0. The fraction of sp³-hybridized carbons (Fsp3) is 0.571. The summed E-state index contributed by atoms with van der Waals surface area (Å²) in [6.45, 7) is 9.18. The van der Waals surface area contributed by atoms with Crippen LogP contribution < -0.4 is 10.6 Å². The van der Waals surface area contributed by atoms with Crippen molar-refractivity contribution in [1.29, 1.82) is 0 Å². The largest absolute Gasteiger partial charge is 0.374 e. The number of hydrogen-bond acceptors (Lipinski definition) is 2. The van der Waals surface area contributed by atoms with Gasteiger partial charge in [0.15, 0.2) is 0 Å². The molecule has 2 heteroatoms. The number of rotatable bonds is 0. The maximum atomic E-state index is 4.50. The molecule has 0 atom stereocenters. The second-order valence-corrected chi connectivity index (χ2v) is 2.80. The highest BCUT2D eigenvalue weighted by Crippen LogP contribution is 2.25. The van der Waals surface area contributed by atoms with E-state index in [1.807, 2.05) is 27.7 Å². The summed E-state index contributed by atoms with van der Waals surface area (Å²) in [6.07, 6.45) is 1.21. The van der Waals surface area contributed by atoms with Gasteiger partial charge in [0, 0.05) is 19.3 Å². The van der Waals surface area contributed by atoms with E-state index in [2.05, 4.69) is 41.9 Å².